The molecular weight excluding hydrogens is 384 g/mol. The Labute approximate surface area is 171 Å². The number of sulfonamides is 1. The molecule has 3 rings (SSSR count). The number of hydrogen-bond donors (Lipinski definition) is 2. The number of rotatable bonds is 6. The fraction of sp³-hybridized carbons (Fsp3) is 0.174. The lowest BCUT2D eigenvalue weighted by atomic mass is 10.0. The van der Waals surface area contributed by atoms with E-state index in [2.05, 4.69) is 23.9 Å². The van der Waals surface area contributed by atoms with Gasteiger partial charge in [0, 0.05) is 11.3 Å². The lowest BCUT2D eigenvalue weighted by Crippen LogP contribution is -2.15. The summed E-state index contributed by atoms with van der Waals surface area (Å²) in [6.45, 7) is 5.99. The van der Waals surface area contributed by atoms with E-state index < -0.39 is 10.0 Å². The van der Waals surface area contributed by atoms with Gasteiger partial charge < -0.3 is 5.32 Å². The predicted octanol–water partition coefficient (Wildman–Crippen LogP) is 5.17. The van der Waals surface area contributed by atoms with Gasteiger partial charge in [-0.15, -0.1) is 0 Å². The molecule has 0 fully saturated rings. The van der Waals surface area contributed by atoms with E-state index in [1.165, 1.54) is 17.7 Å². The molecule has 0 aliphatic rings. The van der Waals surface area contributed by atoms with E-state index >= 15 is 0 Å². The topological polar surface area (TPSA) is 75.3 Å². The molecule has 0 aliphatic heterocycles. The molecular formula is C23H24N2O3S. The third kappa shape index (κ3) is 5.03. The van der Waals surface area contributed by atoms with E-state index in [4.69, 9.17) is 0 Å². The summed E-state index contributed by atoms with van der Waals surface area (Å²) < 4.78 is 27.6. The second-order valence-electron chi connectivity index (χ2n) is 7.18. The summed E-state index contributed by atoms with van der Waals surface area (Å²) >= 11 is 0. The van der Waals surface area contributed by atoms with Gasteiger partial charge in [0.25, 0.3) is 15.9 Å². The quantitative estimate of drug-likeness (QED) is 0.591. The van der Waals surface area contributed by atoms with Crippen molar-refractivity contribution in [2.75, 3.05) is 10.0 Å². The molecule has 0 radical (unpaired) electrons. The monoisotopic (exact) mass is 408 g/mol. The Morgan fingerprint density at radius 3 is 2.14 bits per heavy atom. The Morgan fingerprint density at radius 1 is 0.897 bits per heavy atom. The third-order valence-electron chi connectivity index (χ3n) is 4.62. The summed E-state index contributed by atoms with van der Waals surface area (Å²) in [5.74, 6) is 0.178. The third-order valence-corrected chi connectivity index (χ3v) is 6.00. The molecule has 0 saturated carbocycles. The van der Waals surface area contributed by atoms with Gasteiger partial charge in [-0.2, -0.15) is 0 Å². The van der Waals surface area contributed by atoms with Crippen LogP contribution in [0.15, 0.2) is 77.7 Å². The van der Waals surface area contributed by atoms with Crippen molar-refractivity contribution < 1.29 is 13.2 Å². The zero-order chi connectivity index (χ0) is 21.0. The average Bonchev–Trinajstić information content (AvgIpc) is 2.70. The number of aryl methyl sites for hydroxylation is 1. The van der Waals surface area contributed by atoms with Crippen molar-refractivity contribution in [3.63, 3.8) is 0 Å². The molecule has 0 saturated heterocycles. The molecule has 0 aromatic heterocycles. The van der Waals surface area contributed by atoms with Gasteiger partial charge in [0.1, 0.15) is 0 Å². The zero-order valence-electron chi connectivity index (χ0n) is 16.6. The normalized spacial score (nSPS) is 11.3. The van der Waals surface area contributed by atoms with Gasteiger partial charge in [-0.25, -0.2) is 8.42 Å². The number of benzene rings is 3. The molecule has 0 bridgehead atoms. The van der Waals surface area contributed by atoms with Gasteiger partial charge in [-0.3, -0.25) is 9.52 Å². The first kappa shape index (κ1) is 20.6. The number of anilines is 2. The van der Waals surface area contributed by atoms with Crippen molar-refractivity contribution in [3.05, 3.63) is 89.5 Å². The van der Waals surface area contributed by atoms with Crippen LogP contribution >= 0.6 is 0 Å². The van der Waals surface area contributed by atoms with E-state index in [0.29, 0.717) is 28.4 Å². The number of carbonyl (C=O) groups excluding carboxylic acids is 1. The maximum Gasteiger partial charge on any atom is 0.261 e. The Hall–Kier alpha value is -3.12. The first-order chi connectivity index (χ1) is 13.8. The van der Waals surface area contributed by atoms with Crippen molar-refractivity contribution in [3.8, 4) is 0 Å². The van der Waals surface area contributed by atoms with Crippen LogP contribution in [0.1, 0.15) is 41.3 Å². The number of nitrogens with one attached hydrogen (secondary N) is 2. The number of hydrogen-bond acceptors (Lipinski definition) is 3. The molecule has 150 valence electrons. The van der Waals surface area contributed by atoms with Gasteiger partial charge in [0.05, 0.1) is 10.6 Å². The van der Waals surface area contributed by atoms with Crippen molar-refractivity contribution in [1.29, 1.82) is 0 Å². The lowest BCUT2D eigenvalue weighted by molar-refractivity contribution is 0.102. The van der Waals surface area contributed by atoms with Crippen LogP contribution in [0.5, 0.6) is 0 Å². The van der Waals surface area contributed by atoms with Crippen LogP contribution in [0.3, 0.4) is 0 Å². The van der Waals surface area contributed by atoms with Gasteiger partial charge in [0.15, 0.2) is 0 Å². The first-order valence-corrected chi connectivity index (χ1v) is 10.8. The molecule has 6 heteroatoms. The van der Waals surface area contributed by atoms with Crippen LogP contribution in [0.25, 0.3) is 0 Å². The zero-order valence-corrected chi connectivity index (χ0v) is 17.5. The van der Waals surface area contributed by atoms with Crippen molar-refractivity contribution >= 4 is 27.3 Å². The molecule has 3 aromatic rings. The van der Waals surface area contributed by atoms with E-state index in [0.717, 1.165) is 0 Å². The largest absolute Gasteiger partial charge is 0.322 e. The molecule has 29 heavy (non-hydrogen) atoms. The second kappa shape index (κ2) is 8.49. The minimum absolute atomic E-state index is 0.186. The minimum atomic E-state index is -3.68. The molecule has 3 aromatic carbocycles. The molecule has 1 amide bonds. The Balaban J connectivity index is 1.74. The smallest absolute Gasteiger partial charge is 0.261 e. The van der Waals surface area contributed by atoms with Gasteiger partial charge in [0.2, 0.25) is 0 Å². The minimum Gasteiger partial charge on any atom is -0.322 e. The Bertz CT molecular complexity index is 1110. The van der Waals surface area contributed by atoms with E-state index in [1.807, 2.05) is 24.3 Å². The Morgan fingerprint density at radius 2 is 1.55 bits per heavy atom. The van der Waals surface area contributed by atoms with E-state index in [1.54, 1.807) is 43.3 Å². The van der Waals surface area contributed by atoms with Crippen LogP contribution in [0.4, 0.5) is 11.4 Å². The van der Waals surface area contributed by atoms with Gasteiger partial charge >= 0.3 is 0 Å². The van der Waals surface area contributed by atoms with E-state index in [9.17, 15) is 13.2 Å². The summed E-state index contributed by atoms with van der Waals surface area (Å²) in [6, 6.07) is 20.8. The molecule has 0 unspecified atom stereocenters. The molecule has 0 aliphatic carbocycles. The van der Waals surface area contributed by atoms with E-state index in [-0.39, 0.29) is 10.8 Å². The molecule has 0 heterocycles. The molecule has 5 nitrogen and oxygen atoms in total. The molecule has 0 atom stereocenters. The highest BCUT2D eigenvalue weighted by Crippen LogP contribution is 2.22. The molecule has 0 spiro atoms. The van der Waals surface area contributed by atoms with Crippen LogP contribution < -0.4 is 10.0 Å². The standard InChI is InChI=1S/C23H24N2O3S/c1-16(2)18-9-12-20(13-10-18)24-23(26)19-11-14-22(17(3)15-19)25-29(27,28)21-7-5-4-6-8-21/h4-16,25H,1-3H3,(H,24,26). The highest BCUT2D eigenvalue weighted by molar-refractivity contribution is 7.92. The molecule has 2 N–H and O–H groups in total. The summed E-state index contributed by atoms with van der Waals surface area (Å²) in [7, 11) is -3.68. The van der Waals surface area contributed by atoms with Gasteiger partial charge in [-0.05, 0) is 66.4 Å². The fourth-order valence-corrected chi connectivity index (χ4v) is 4.03. The van der Waals surface area contributed by atoms with Crippen LogP contribution in [-0.2, 0) is 10.0 Å². The average molecular weight is 409 g/mol. The first-order valence-electron chi connectivity index (χ1n) is 9.36. The second-order valence-corrected chi connectivity index (χ2v) is 8.86. The maximum atomic E-state index is 12.6. The van der Waals surface area contributed by atoms with Gasteiger partial charge in [-0.1, -0.05) is 44.2 Å². The van der Waals surface area contributed by atoms with Crippen LogP contribution in [-0.4, -0.2) is 14.3 Å². The number of carbonyl (C=O) groups is 1. The number of amides is 1. The highest BCUT2D eigenvalue weighted by Gasteiger charge is 2.16. The van der Waals surface area contributed by atoms with Crippen LogP contribution in [0.2, 0.25) is 0 Å². The summed E-state index contributed by atoms with van der Waals surface area (Å²) in [5.41, 5.74) is 3.47. The highest BCUT2D eigenvalue weighted by atomic mass is 32.2. The van der Waals surface area contributed by atoms with Crippen molar-refractivity contribution in [2.24, 2.45) is 0 Å². The predicted molar refractivity (Wildman–Crippen MR) is 117 cm³/mol. The maximum absolute atomic E-state index is 12.6. The van der Waals surface area contributed by atoms with Crippen molar-refractivity contribution in [2.45, 2.75) is 31.6 Å². The fourth-order valence-electron chi connectivity index (χ4n) is 2.88. The lowest BCUT2D eigenvalue weighted by Gasteiger charge is -2.12. The summed E-state index contributed by atoms with van der Waals surface area (Å²) in [5, 5.41) is 2.87. The summed E-state index contributed by atoms with van der Waals surface area (Å²) in [6.07, 6.45) is 0. The van der Waals surface area contributed by atoms with Crippen molar-refractivity contribution in [1.82, 2.24) is 0 Å². The summed E-state index contributed by atoms with van der Waals surface area (Å²) in [4.78, 5) is 12.7. The SMILES string of the molecule is Cc1cc(C(=O)Nc2ccc(C(C)C)cc2)ccc1NS(=O)(=O)c1ccccc1. The van der Waals surface area contributed by atoms with Crippen LogP contribution in [0, 0.1) is 6.92 Å². The Kier molecular flexibility index (Phi) is 6.03.